The van der Waals surface area contributed by atoms with E-state index in [0.717, 1.165) is 21.9 Å². The van der Waals surface area contributed by atoms with Crippen LogP contribution in [0.25, 0.3) is 98.4 Å². The first kappa shape index (κ1) is 26.1. The van der Waals surface area contributed by atoms with Gasteiger partial charge in [0, 0.05) is 10.8 Å². The van der Waals surface area contributed by atoms with Gasteiger partial charge in [0.15, 0.2) is 0 Å². The molecule has 0 N–H and O–H groups in total. The third-order valence-electron chi connectivity index (χ3n) is 9.83. The first-order valence-electron chi connectivity index (χ1n) is 16.2. The van der Waals surface area contributed by atoms with Crippen molar-refractivity contribution in [1.82, 2.24) is 0 Å². The molecule has 10 aromatic rings. The molecule has 47 heavy (non-hydrogen) atoms. The number of fused-ring (bicyclic) bond motifs is 7. The highest BCUT2D eigenvalue weighted by Crippen LogP contribution is 2.44. The molecule has 0 radical (unpaired) electrons. The molecule has 1 aromatic heterocycles. The van der Waals surface area contributed by atoms with Crippen LogP contribution in [-0.2, 0) is 0 Å². The summed E-state index contributed by atoms with van der Waals surface area (Å²) in [7, 11) is 0. The van der Waals surface area contributed by atoms with Crippen LogP contribution in [-0.4, -0.2) is 0 Å². The Hall–Kier alpha value is -6.18. The zero-order valence-electron chi connectivity index (χ0n) is 25.6. The van der Waals surface area contributed by atoms with E-state index in [4.69, 9.17) is 4.42 Å². The first-order valence-corrected chi connectivity index (χ1v) is 16.2. The van der Waals surface area contributed by atoms with Crippen molar-refractivity contribution in [2.45, 2.75) is 0 Å². The van der Waals surface area contributed by atoms with Gasteiger partial charge in [0.2, 0.25) is 0 Å². The Morgan fingerprint density at radius 2 is 0.830 bits per heavy atom. The largest absolute Gasteiger partial charge is 0.456 e. The van der Waals surface area contributed by atoms with Crippen LogP contribution in [0.4, 0.5) is 0 Å². The number of hydrogen-bond donors (Lipinski definition) is 0. The molecule has 0 atom stereocenters. The average Bonchev–Trinajstić information content (AvgIpc) is 3.50. The third kappa shape index (κ3) is 4.03. The van der Waals surface area contributed by atoms with E-state index in [0.29, 0.717) is 0 Å². The minimum absolute atomic E-state index is 0.923. The average molecular weight is 597 g/mol. The molecule has 0 spiro atoms. The van der Waals surface area contributed by atoms with Gasteiger partial charge in [-0.2, -0.15) is 0 Å². The van der Waals surface area contributed by atoms with Gasteiger partial charge in [0.25, 0.3) is 0 Å². The maximum atomic E-state index is 6.27. The zero-order chi connectivity index (χ0) is 30.9. The summed E-state index contributed by atoms with van der Waals surface area (Å²) in [5.41, 5.74) is 9.26. The molecule has 0 amide bonds. The molecule has 9 aromatic carbocycles. The van der Waals surface area contributed by atoms with Gasteiger partial charge in [-0.3, -0.25) is 0 Å². The van der Waals surface area contributed by atoms with E-state index in [2.05, 4.69) is 158 Å². The Kier molecular flexibility index (Phi) is 5.64. The standard InChI is InChI=1S/C46H28O/c1-2-11-32-26-34(25-20-29(32)10-1)46-39-16-5-3-14-37(39)45(38-15-4-6-17-40(38)46)31-23-21-30(22-24-31)35-18-9-12-33-27-42-36-13-7-8-19-43(36)47-44(42)28-41(33)35/h1-28H. The lowest BCUT2D eigenvalue weighted by atomic mass is 9.85. The molecule has 218 valence electrons. The fraction of sp³-hybridized carbons (Fsp3) is 0. The van der Waals surface area contributed by atoms with Crippen LogP contribution in [0.15, 0.2) is 174 Å². The first-order chi connectivity index (χ1) is 23.3. The molecular formula is C46H28O. The van der Waals surface area contributed by atoms with E-state index in [1.165, 1.54) is 76.5 Å². The molecule has 0 aliphatic carbocycles. The molecule has 0 saturated carbocycles. The van der Waals surface area contributed by atoms with Gasteiger partial charge in [0.05, 0.1) is 0 Å². The summed E-state index contributed by atoms with van der Waals surface area (Å²) >= 11 is 0. The summed E-state index contributed by atoms with van der Waals surface area (Å²) in [6.07, 6.45) is 0. The van der Waals surface area contributed by atoms with E-state index in [9.17, 15) is 0 Å². The van der Waals surface area contributed by atoms with E-state index in [1.807, 2.05) is 12.1 Å². The van der Waals surface area contributed by atoms with Crippen LogP contribution in [0, 0.1) is 0 Å². The summed E-state index contributed by atoms with van der Waals surface area (Å²) in [6, 6.07) is 61.7. The highest BCUT2D eigenvalue weighted by Gasteiger charge is 2.17. The quantitative estimate of drug-likeness (QED) is 0.185. The zero-order valence-corrected chi connectivity index (χ0v) is 25.6. The van der Waals surface area contributed by atoms with Crippen molar-refractivity contribution in [2.24, 2.45) is 0 Å². The topological polar surface area (TPSA) is 13.1 Å². The summed E-state index contributed by atoms with van der Waals surface area (Å²) in [5, 5.41) is 12.3. The van der Waals surface area contributed by atoms with E-state index in [-0.39, 0.29) is 0 Å². The predicted octanol–water partition coefficient (Wildman–Crippen LogP) is 13.2. The van der Waals surface area contributed by atoms with E-state index in [1.54, 1.807) is 0 Å². The Balaban J connectivity index is 1.15. The van der Waals surface area contributed by atoms with Crippen molar-refractivity contribution in [3.8, 4) is 33.4 Å². The maximum Gasteiger partial charge on any atom is 0.136 e. The normalized spacial score (nSPS) is 11.8. The van der Waals surface area contributed by atoms with Gasteiger partial charge in [-0.1, -0.05) is 146 Å². The molecule has 0 aliphatic heterocycles. The molecule has 0 unspecified atom stereocenters. The molecule has 0 saturated heterocycles. The predicted molar refractivity (Wildman–Crippen MR) is 200 cm³/mol. The van der Waals surface area contributed by atoms with Gasteiger partial charge in [-0.05, 0) is 101 Å². The fourth-order valence-electron chi connectivity index (χ4n) is 7.66. The summed E-state index contributed by atoms with van der Waals surface area (Å²) < 4.78 is 6.27. The Morgan fingerprint density at radius 3 is 1.55 bits per heavy atom. The van der Waals surface area contributed by atoms with Crippen molar-refractivity contribution in [2.75, 3.05) is 0 Å². The van der Waals surface area contributed by atoms with Crippen molar-refractivity contribution in [3.05, 3.63) is 170 Å². The lowest BCUT2D eigenvalue weighted by Gasteiger charge is -2.18. The number of benzene rings is 9. The number of hydrogen-bond acceptors (Lipinski definition) is 1. The van der Waals surface area contributed by atoms with Crippen molar-refractivity contribution in [3.63, 3.8) is 0 Å². The van der Waals surface area contributed by atoms with Gasteiger partial charge in [-0.25, -0.2) is 0 Å². The lowest BCUT2D eigenvalue weighted by Crippen LogP contribution is -1.91. The highest BCUT2D eigenvalue weighted by molar-refractivity contribution is 6.22. The second-order valence-electron chi connectivity index (χ2n) is 12.5. The van der Waals surface area contributed by atoms with E-state index >= 15 is 0 Å². The Labute approximate surface area is 271 Å². The number of furan rings is 1. The van der Waals surface area contributed by atoms with Crippen molar-refractivity contribution < 1.29 is 4.42 Å². The third-order valence-corrected chi connectivity index (χ3v) is 9.83. The molecule has 0 fully saturated rings. The molecule has 1 heteroatoms. The SMILES string of the molecule is c1ccc2cc(-c3c4ccccc4c(-c4ccc(-c5cccc6cc7c(cc56)oc5ccccc57)cc4)c4ccccc34)ccc2c1. The maximum absolute atomic E-state index is 6.27. The monoisotopic (exact) mass is 596 g/mol. The smallest absolute Gasteiger partial charge is 0.136 e. The molecular weight excluding hydrogens is 569 g/mol. The lowest BCUT2D eigenvalue weighted by molar-refractivity contribution is 0.669. The summed E-state index contributed by atoms with van der Waals surface area (Å²) in [6.45, 7) is 0. The Morgan fingerprint density at radius 1 is 0.277 bits per heavy atom. The van der Waals surface area contributed by atoms with Gasteiger partial charge in [-0.15, -0.1) is 0 Å². The molecule has 1 heterocycles. The molecule has 10 rings (SSSR count). The van der Waals surface area contributed by atoms with Crippen LogP contribution in [0.5, 0.6) is 0 Å². The van der Waals surface area contributed by atoms with Gasteiger partial charge < -0.3 is 4.42 Å². The van der Waals surface area contributed by atoms with Crippen LogP contribution >= 0.6 is 0 Å². The molecule has 0 bridgehead atoms. The fourth-order valence-corrected chi connectivity index (χ4v) is 7.66. The van der Waals surface area contributed by atoms with Crippen molar-refractivity contribution in [1.29, 1.82) is 0 Å². The molecule has 0 aliphatic rings. The van der Waals surface area contributed by atoms with Crippen molar-refractivity contribution >= 4 is 65.0 Å². The number of para-hydroxylation sites is 1. The number of rotatable bonds is 3. The van der Waals surface area contributed by atoms with Crippen LogP contribution in [0.1, 0.15) is 0 Å². The second kappa shape index (κ2) is 10.2. The minimum atomic E-state index is 0.923. The second-order valence-corrected chi connectivity index (χ2v) is 12.5. The van der Waals surface area contributed by atoms with E-state index < -0.39 is 0 Å². The summed E-state index contributed by atoms with van der Waals surface area (Å²) in [5.74, 6) is 0. The summed E-state index contributed by atoms with van der Waals surface area (Å²) in [4.78, 5) is 0. The highest BCUT2D eigenvalue weighted by atomic mass is 16.3. The van der Waals surface area contributed by atoms with Gasteiger partial charge in [0.1, 0.15) is 11.2 Å². The van der Waals surface area contributed by atoms with Crippen LogP contribution < -0.4 is 0 Å². The van der Waals surface area contributed by atoms with Gasteiger partial charge >= 0.3 is 0 Å². The molecule has 1 nitrogen and oxygen atoms in total. The minimum Gasteiger partial charge on any atom is -0.456 e. The van der Waals surface area contributed by atoms with Crippen LogP contribution in [0.2, 0.25) is 0 Å². The Bertz CT molecular complexity index is 2780. The van der Waals surface area contributed by atoms with Crippen LogP contribution in [0.3, 0.4) is 0 Å².